The van der Waals surface area contributed by atoms with Crippen molar-refractivity contribution in [2.45, 2.75) is 103 Å². The first-order valence-electron chi connectivity index (χ1n) is 24.8. The van der Waals surface area contributed by atoms with Gasteiger partial charge in [-0.1, -0.05) is 92.7 Å². The van der Waals surface area contributed by atoms with E-state index in [1.165, 1.54) is 19.1 Å². The van der Waals surface area contributed by atoms with Gasteiger partial charge < -0.3 is 64.3 Å². The number of carbonyl (C=O) groups is 7. The molecular formula is C56H60N4O16. The summed E-state index contributed by atoms with van der Waals surface area (Å²) >= 11 is 0. The molecule has 2 unspecified atom stereocenters. The lowest BCUT2D eigenvalue weighted by molar-refractivity contribution is -0.282. The molecule has 5 aromatic rings. The molecule has 1 aliphatic carbocycles. The number of methoxy groups -OCH3 is 1. The lowest BCUT2D eigenvalue weighted by Crippen LogP contribution is -2.64. The van der Waals surface area contributed by atoms with Crippen LogP contribution in [0.25, 0.3) is 21.9 Å². The number of alkyl carbamates (subject to hydrolysis) is 1. The highest BCUT2D eigenvalue weighted by Gasteiger charge is 2.56. The molecule has 3 amide bonds. The lowest BCUT2D eigenvalue weighted by Gasteiger charge is -2.43. The van der Waals surface area contributed by atoms with Crippen molar-refractivity contribution in [3.63, 3.8) is 0 Å². The van der Waals surface area contributed by atoms with E-state index in [1.807, 2.05) is 78.9 Å². The molecule has 8 atom stereocenters. The number of aliphatic hydroxyl groups excluding tert-OH is 1. The first-order chi connectivity index (χ1) is 36.5. The summed E-state index contributed by atoms with van der Waals surface area (Å²) in [6.45, 7) is 8.48. The van der Waals surface area contributed by atoms with Gasteiger partial charge in [-0.25, -0.2) is 9.59 Å². The zero-order valence-corrected chi connectivity index (χ0v) is 42.9. The Morgan fingerprint density at radius 1 is 0.724 bits per heavy atom. The van der Waals surface area contributed by atoms with Gasteiger partial charge in [0.15, 0.2) is 18.3 Å². The van der Waals surface area contributed by atoms with E-state index in [1.54, 1.807) is 19.9 Å². The van der Waals surface area contributed by atoms with Crippen LogP contribution in [0.3, 0.4) is 0 Å². The minimum absolute atomic E-state index is 0.0137. The largest absolute Gasteiger partial charge is 0.488 e. The van der Waals surface area contributed by atoms with E-state index in [-0.39, 0.29) is 43.1 Å². The summed E-state index contributed by atoms with van der Waals surface area (Å²) in [5.41, 5.74) is 6.39. The van der Waals surface area contributed by atoms with E-state index in [9.17, 15) is 38.7 Å². The number of nitrogens with one attached hydrogen (secondary N) is 4. The zero-order chi connectivity index (χ0) is 54.4. The van der Waals surface area contributed by atoms with Crippen LogP contribution >= 0.6 is 0 Å². The smallest absolute Gasteiger partial charge is 0.407 e. The Hall–Kier alpha value is -8.23. The fourth-order valence-electron chi connectivity index (χ4n) is 9.79. The Balaban J connectivity index is 1.04. The fraction of sp³-hybridized carbons (Fsp3) is 0.375. The van der Waals surface area contributed by atoms with Crippen molar-refractivity contribution in [3.8, 4) is 22.6 Å². The third-order valence-electron chi connectivity index (χ3n) is 13.3. The van der Waals surface area contributed by atoms with E-state index in [0.717, 1.165) is 72.2 Å². The van der Waals surface area contributed by atoms with Gasteiger partial charge in [-0.15, -0.1) is 0 Å². The van der Waals surface area contributed by atoms with Crippen molar-refractivity contribution in [2.24, 2.45) is 5.92 Å². The molecule has 0 saturated carbocycles. The summed E-state index contributed by atoms with van der Waals surface area (Å²) in [5, 5.41) is 23.2. The molecular weight excluding hydrogens is 985 g/mol. The molecule has 0 aromatic heterocycles. The Bertz CT molecular complexity index is 2990. The molecule has 1 fully saturated rings. The number of ether oxygens (including phenoxy) is 8. The Morgan fingerprint density at radius 2 is 1.34 bits per heavy atom. The minimum Gasteiger partial charge on any atom is -0.488 e. The number of hydrogen-bond acceptors (Lipinski definition) is 17. The number of esters is 4. The lowest BCUT2D eigenvalue weighted by atomic mass is 9.95. The molecule has 0 spiro atoms. The Labute approximate surface area is 438 Å². The molecule has 5 N–H and O–H groups in total. The first-order valence-corrected chi connectivity index (χ1v) is 24.8. The van der Waals surface area contributed by atoms with Crippen molar-refractivity contribution in [2.75, 3.05) is 37.5 Å². The van der Waals surface area contributed by atoms with E-state index < -0.39 is 90.5 Å². The average Bonchev–Trinajstić information content (AvgIpc) is 3.97. The number of benzene rings is 5. The Kier molecular flexibility index (Phi) is 16.7. The summed E-state index contributed by atoms with van der Waals surface area (Å²) in [7, 11) is 1.05. The van der Waals surface area contributed by atoms with Crippen LogP contribution in [0.15, 0.2) is 97.1 Å². The second kappa shape index (κ2) is 23.5. The molecule has 2 aliphatic heterocycles. The highest BCUT2D eigenvalue weighted by Crippen LogP contribution is 2.45. The van der Waals surface area contributed by atoms with Crippen molar-refractivity contribution in [3.05, 3.63) is 119 Å². The quantitative estimate of drug-likeness (QED) is 0.0498. The molecule has 2 heterocycles. The number of rotatable bonds is 18. The molecule has 20 heteroatoms. The van der Waals surface area contributed by atoms with Crippen molar-refractivity contribution in [1.82, 2.24) is 10.6 Å². The number of carbonyl (C=O) groups excluding carboxylic acids is 7. The molecule has 8 rings (SSSR count). The predicted octanol–water partition coefficient (Wildman–Crippen LogP) is 6.00. The van der Waals surface area contributed by atoms with Gasteiger partial charge in [-0.2, -0.15) is 0 Å². The summed E-state index contributed by atoms with van der Waals surface area (Å²) < 4.78 is 46.2. The molecule has 3 aliphatic rings. The summed E-state index contributed by atoms with van der Waals surface area (Å²) in [6.07, 6.45) is -9.49. The van der Waals surface area contributed by atoms with Gasteiger partial charge in [-0.05, 0) is 63.7 Å². The van der Waals surface area contributed by atoms with Crippen molar-refractivity contribution >= 4 is 63.9 Å². The number of hydrogen-bond donors (Lipinski definition) is 5. The molecule has 1 saturated heterocycles. The number of aliphatic hydroxyl groups is 1. The van der Waals surface area contributed by atoms with Gasteiger partial charge in [0.25, 0.3) is 0 Å². The van der Waals surface area contributed by atoms with Gasteiger partial charge in [0.05, 0.1) is 19.4 Å². The van der Waals surface area contributed by atoms with Crippen LogP contribution in [0.5, 0.6) is 11.5 Å². The maximum Gasteiger partial charge on any atom is 0.407 e. The molecule has 76 heavy (non-hydrogen) atoms. The first kappa shape index (κ1) is 54.0. The normalized spacial score (nSPS) is 20.1. The van der Waals surface area contributed by atoms with Crippen molar-refractivity contribution in [1.29, 1.82) is 0 Å². The van der Waals surface area contributed by atoms with Gasteiger partial charge >= 0.3 is 30.0 Å². The standard InChI is InChI=1S/C56H60N4O16/c1-28(2)47(60-56(68)71-27-41-37-16-10-8-14-35(37)36-15-9-11-17-38(36)41)53(66)58-29(3)52(65)59-42-21-20-33(26-70-44-23-43-46(34(25-61)24-57-43)40-19-13-12-18-39(40)44)22-45(42)75-55-51(74-32(6)64)49(73-31(5)63)48(72-30(4)62)50(76-55)54(67)69-7/h8-23,28-29,34,41,47-51,55,57,61H,24-27H2,1-7H3,(H,58,66)(H,59,65)(H,60,68)/t29?,34-,47?,48-,49-,50-,51+,55+/m0/s1. The number of fused-ring (bicyclic) bond motifs is 6. The summed E-state index contributed by atoms with van der Waals surface area (Å²) in [4.78, 5) is 92.2. The van der Waals surface area contributed by atoms with E-state index >= 15 is 0 Å². The van der Waals surface area contributed by atoms with Crippen LogP contribution in [0, 0.1) is 5.92 Å². The Morgan fingerprint density at radius 3 is 1.97 bits per heavy atom. The third kappa shape index (κ3) is 11.8. The third-order valence-corrected chi connectivity index (χ3v) is 13.3. The second-order valence-corrected chi connectivity index (χ2v) is 19.0. The van der Waals surface area contributed by atoms with Crippen LogP contribution in [0.1, 0.15) is 75.6 Å². The SMILES string of the molecule is COC(=O)[C@H]1O[C@@H](Oc2cc(COc3cc4c(c5ccccc35)[C@H](CO)CN4)ccc2NC(=O)C(C)NC(=O)C(NC(=O)OCC2c3ccccc3-c3ccccc32)C(C)C)[C@H](OC(C)=O)[C@@H](OC(C)=O)[C@@H]1OC(C)=O. The van der Waals surface area contributed by atoms with Crippen LogP contribution < -0.4 is 30.7 Å². The summed E-state index contributed by atoms with van der Waals surface area (Å²) in [6, 6.07) is 27.5. The maximum absolute atomic E-state index is 14.1. The second-order valence-electron chi connectivity index (χ2n) is 19.0. The summed E-state index contributed by atoms with van der Waals surface area (Å²) in [5.74, 6) is -5.58. The topological polar surface area (TPSA) is 262 Å². The van der Waals surface area contributed by atoms with Crippen molar-refractivity contribution < 1.29 is 76.6 Å². The van der Waals surface area contributed by atoms with Crippen LogP contribution in [-0.2, 0) is 63.8 Å². The molecule has 0 radical (unpaired) electrons. The zero-order valence-electron chi connectivity index (χ0n) is 42.9. The predicted molar refractivity (Wildman–Crippen MR) is 274 cm³/mol. The minimum atomic E-state index is -1.81. The highest BCUT2D eigenvalue weighted by molar-refractivity contribution is 5.99. The molecule has 400 valence electrons. The highest BCUT2D eigenvalue weighted by atomic mass is 16.7. The van der Waals surface area contributed by atoms with E-state index in [2.05, 4.69) is 21.3 Å². The molecule has 5 aromatic carbocycles. The fourth-order valence-corrected chi connectivity index (χ4v) is 9.79. The monoisotopic (exact) mass is 1040 g/mol. The number of anilines is 2. The molecule has 20 nitrogen and oxygen atoms in total. The van der Waals surface area contributed by atoms with Crippen LogP contribution in [0.2, 0.25) is 0 Å². The van der Waals surface area contributed by atoms with E-state index in [0.29, 0.717) is 17.9 Å². The average molecular weight is 1050 g/mol. The number of amides is 3. The van der Waals surface area contributed by atoms with Gasteiger partial charge in [0, 0.05) is 56.3 Å². The maximum atomic E-state index is 14.1. The molecule has 0 bridgehead atoms. The van der Waals surface area contributed by atoms with Crippen LogP contribution in [-0.4, -0.2) is 117 Å². The van der Waals surface area contributed by atoms with Crippen LogP contribution in [0.4, 0.5) is 16.2 Å². The van der Waals surface area contributed by atoms with Gasteiger partial charge in [0.1, 0.15) is 36.8 Å². The van der Waals surface area contributed by atoms with Gasteiger partial charge in [-0.3, -0.25) is 24.0 Å². The van der Waals surface area contributed by atoms with Gasteiger partial charge in [0.2, 0.25) is 24.2 Å². The van der Waals surface area contributed by atoms with E-state index in [4.69, 9.17) is 37.9 Å².